The Morgan fingerprint density at radius 1 is 1.10 bits per heavy atom. The van der Waals surface area contributed by atoms with Gasteiger partial charge in [0.1, 0.15) is 5.82 Å². The Morgan fingerprint density at radius 2 is 1.85 bits per heavy atom. The van der Waals surface area contributed by atoms with Crippen molar-refractivity contribution in [2.24, 2.45) is 0 Å². The van der Waals surface area contributed by atoms with Crippen LogP contribution < -0.4 is 11.3 Å². The molecule has 0 bridgehead atoms. The lowest BCUT2D eigenvalue weighted by Gasteiger charge is -2.12. The van der Waals surface area contributed by atoms with Crippen molar-refractivity contribution in [1.29, 1.82) is 0 Å². The Morgan fingerprint density at radius 3 is 2.60 bits per heavy atom. The molecule has 0 aliphatic rings. The zero-order valence-electron chi connectivity index (χ0n) is 10.3. The van der Waals surface area contributed by atoms with Crippen LogP contribution >= 0.6 is 27.5 Å². The molecule has 100 valence electrons. The molecule has 0 aliphatic carbocycles. The highest BCUT2D eigenvalue weighted by Gasteiger charge is 2.09. The van der Waals surface area contributed by atoms with Crippen LogP contribution in [0.2, 0.25) is 5.02 Å². The summed E-state index contributed by atoms with van der Waals surface area (Å²) in [6.45, 7) is 0. The molecule has 0 aliphatic heterocycles. The van der Waals surface area contributed by atoms with Crippen LogP contribution in [0.25, 0.3) is 16.5 Å². The predicted octanol–water partition coefficient (Wildman–Crippen LogP) is 3.99. The Kier molecular flexibility index (Phi) is 3.28. The fourth-order valence-electron chi connectivity index (χ4n) is 2.17. The van der Waals surface area contributed by atoms with E-state index in [9.17, 15) is 4.79 Å². The summed E-state index contributed by atoms with van der Waals surface area (Å²) in [4.78, 5) is 12.6. The van der Waals surface area contributed by atoms with Gasteiger partial charge in [0.05, 0.1) is 10.7 Å². The molecule has 0 fully saturated rings. The Bertz CT molecular complexity index is 873. The molecule has 20 heavy (non-hydrogen) atoms. The van der Waals surface area contributed by atoms with Gasteiger partial charge in [0, 0.05) is 9.86 Å². The Balaban J connectivity index is 2.36. The summed E-state index contributed by atoms with van der Waals surface area (Å²) < 4.78 is 2.23. The van der Waals surface area contributed by atoms with Crippen LogP contribution in [0.5, 0.6) is 0 Å². The number of hydrogen-bond acceptors (Lipinski definition) is 2. The van der Waals surface area contributed by atoms with Crippen molar-refractivity contribution < 1.29 is 0 Å². The van der Waals surface area contributed by atoms with Gasteiger partial charge in [-0.3, -0.25) is 9.36 Å². The van der Waals surface area contributed by atoms with E-state index in [-0.39, 0.29) is 5.56 Å². The minimum absolute atomic E-state index is 0.154. The average Bonchev–Trinajstić information content (AvgIpc) is 2.43. The lowest BCUT2D eigenvalue weighted by molar-refractivity contribution is 1.02. The molecule has 2 aromatic carbocycles. The number of benzene rings is 2. The summed E-state index contributed by atoms with van der Waals surface area (Å²) in [6.07, 6.45) is 0. The highest BCUT2D eigenvalue weighted by atomic mass is 79.9. The van der Waals surface area contributed by atoms with E-state index in [4.69, 9.17) is 17.3 Å². The van der Waals surface area contributed by atoms with Gasteiger partial charge in [-0.15, -0.1) is 0 Å². The zero-order valence-corrected chi connectivity index (χ0v) is 12.6. The normalized spacial score (nSPS) is 10.9. The maximum atomic E-state index is 12.6. The molecule has 1 heterocycles. The molecule has 0 radical (unpaired) electrons. The average molecular weight is 350 g/mol. The van der Waals surface area contributed by atoms with Crippen LogP contribution in [-0.2, 0) is 0 Å². The number of rotatable bonds is 1. The second kappa shape index (κ2) is 4.96. The highest BCUT2D eigenvalue weighted by molar-refractivity contribution is 9.10. The first-order chi connectivity index (χ1) is 9.58. The number of anilines is 1. The number of nitrogen functional groups attached to an aromatic ring is 1. The SMILES string of the molecule is Nc1cc2ccccc2c(=O)n1-c1ccc(Br)c(Cl)c1. The van der Waals surface area contributed by atoms with E-state index < -0.39 is 0 Å². The molecule has 3 aromatic rings. The second-order valence-corrected chi connectivity index (χ2v) is 5.66. The first-order valence-corrected chi connectivity index (χ1v) is 7.11. The van der Waals surface area contributed by atoms with E-state index in [0.29, 0.717) is 21.9 Å². The monoisotopic (exact) mass is 348 g/mol. The van der Waals surface area contributed by atoms with E-state index in [2.05, 4.69) is 15.9 Å². The molecular weight excluding hydrogens is 340 g/mol. The van der Waals surface area contributed by atoms with E-state index in [1.54, 1.807) is 30.3 Å². The van der Waals surface area contributed by atoms with Gasteiger partial charge in [-0.2, -0.15) is 0 Å². The van der Waals surface area contributed by atoms with Gasteiger partial charge < -0.3 is 5.73 Å². The lowest BCUT2D eigenvalue weighted by Crippen LogP contribution is -2.21. The molecule has 5 heteroatoms. The summed E-state index contributed by atoms with van der Waals surface area (Å²) in [5.41, 5.74) is 6.51. The number of hydrogen-bond donors (Lipinski definition) is 1. The standard InChI is InChI=1S/C15H10BrClN2O/c16-12-6-5-10(8-13(12)17)19-14(18)7-9-3-1-2-4-11(9)15(19)20/h1-8H,18H2. The fraction of sp³-hybridized carbons (Fsp3) is 0. The van der Waals surface area contributed by atoms with Crippen LogP contribution in [0.15, 0.2) is 57.8 Å². The van der Waals surface area contributed by atoms with Gasteiger partial charge in [-0.05, 0) is 51.6 Å². The first kappa shape index (κ1) is 13.2. The maximum Gasteiger partial charge on any atom is 0.264 e. The van der Waals surface area contributed by atoms with Gasteiger partial charge in [0.25, 0.3) is 5.56 Å². The van der Waals surface area contributed by atoms with Crippen molar-refractivity contribution in [1.82, 2.24) is 4.57 Å². The highest BCUT2D eigenvalue weighted by Crippen LogP contribution is 2.26. The molecule has 0 saturated carbocycles. The summed E-state index contributed by atoms with van der Waals surface area (Å²) in [5, 5.41) is 1.98. The van der Waals surface area contributed by atoms with Gasteiger partial charge >= 0.3 is 0 Å². The summed E-state index contributed by atoms with van der Waals surface area (Å²) in [6, 6.07) is 14.4. The topological polar surface area (TPSA) is 48.0 Å². The molecule has 0 amide bonds. The number of halogens is 2. The van der Waals surface area contributed by atoms with Crippen molar-refractivity contribution in [3.8, 4) is 5.69 Å². The third-order valence-electron chi connectivity index (χ3n) is 3.12. The van der Waals surface area contributed by atoms with Gasteiger partial charge in [-0.1, -0.05) is 29.8 Å². The third-order valence-corrected chi connectivity index (χ3v) is 4.35. The second-order valence-electron chi connectivity index (χ2n) is 4.40. The van der Waals surface area contributed by atoms with E-state index in [1.807, 2.05) is 18.2 Å². The fourth-order valence-corrected chi connectivity index (χ4v) is 2.59. The lowest BCUT2D eigenvalue weighted by atomic mass is 10.1. The number of pyridine rings is 1. The molecule has 3 rings (SSSR count). The molecule has 3 nitrogen and oxygen atoms in total. The van der Waals surface area contributed by atoms with Crippen LogP contribution in [0.3, 0.4) is 0 Å². The molecule has 0 saturated heterocycles. The van der Waals surface area contributed by atoms with Crippen molar-refractivity contribution in [3.63, 3.8) is 0 Å². The minimum atomic E-state index is -0.154. The van der Waals surface area contributed by atoms with E-state index in [0.717, 1.165) is 9.86 Å². The smallest absolute Gasteiger partial charge is 0.264 e. The van der Waals surface area contributed by atoms with Crippen molar-refractivity contribution in [2.45, 2.75) is 0 Å². The minimum Gasteiger partial charge on any atom is -0.385 e. The zero-order chi connectivity index (χ0) is 14.3. The molecule has 2 N–H and O–H groups in total. The van der Waals surface area contributed by atoms with Crippen LogP contribution in [0.1, 0.15) is 0 Å². The maximum absolute atomic E-state index is 12.6. The third kappa shape index (κ3) is 2.11. The van der Waals surface area contributed by atoms with Crippen molar-refractivity contribution >= 4 is 44.1 Å². The molecule has 0 spiro atoms. The van der Waals surface area contributed by atoms with Gasteiger partial charge in [0.15, 0.2) is 0 Å². The quantitative estimate of drug-likeness (QED) is 0.722. The van der Waals surface area contributed by atoms with E-state index in [1.165, 1.54) is 4.57 Å². The number of aromatic nitrogens is 1. The Hall–Kier alpha value is -1.78. The van der Waals surface area contributed by atoms with Crippen LogP contribution in [0.4, 0.5) is 5.82 Å². The summed E-state index contributed by atoms with van der Waals surface area (Å²) in [7, 11) is 0. The number of fused-ring (bicyclic) bond motifs is 1. The van der Waals surface area contributed by atoms with Crippen LogP contribution in [0, 0.1) is 0 Å². The Labute approximate surface area is 128 Å². The largest absolute Gasteiger partial charge is 0.385 e. The van der Waals surface area contributed by atoms with Crippen LogP contribution in [-0.4, -0.2) is 4.57 Å². The van der Waals surface area contributed by atoms with E-state index >= 15 is 0 Å². The van der Waals surface area contributed by atoms with Gasteiger partial charge in [0.2, 0.25) is 0 Å². The summed E-state index contributed by atoms with van der Waals surface area (Å²) >= 11 is 9.41. The number of nitrogens with two attached hydrogens (primary N) is 1. The summed E-state index contributed by atoms with van der Waals surface area (Å²) in [5.74, 6) is 0.382. The van der Waals surface area contributed by atoms with Crippen molar-refractivity contribution in [2.75, 3.05) is 5.73 Å². The predicted molar refractivity (Wildman–Crippen MR) is 86.7 cm³/mol. The molecular formula is C15H10BrClN2O. The first-order valence-electron chi connectivity index (χ1n) is 5.93. The molecule has 0 unspecified atom stereocenters. The molecule has 0 atom stereocenters. The van der Waals surface area contributed by atoms with Crippen molar-refractivity contribution in [3.05, 3.63) is 68.4 Å². The molecule has 1 aromatic heterocycles. The number of nitrogens with zero attached hydrogens (tertiary/aromatic N) is 1. The van der Waals surface area contributed by atoms with Gasteiger partial charge in [-0.25, -0.2) is 0 Å².